The minimum absolute atomic E-state index is 0.0339. The number of fused-ring (bicyclic) bond motifs is 1. The van der Waals surface area contributed by atoms with Crippen molar-refractivity contribution < 1.29 is 33.7 Å². The van der Waals surface area contributed by atoms with E-state index in [1.165, 1.54) is 17.9 Å². The second-order valence-electron chi connectivity index (χ2n) is 4.16. The molecule has 2 rings (SSSR count). The van der Waals surface area contributed by atoms with Crippen LogP contribution in [0.5, 0.6) is 0 Å². The maximum atomic E-state index is 11.7. The molecule has 0 spiro atoms. The number of nitrogens with two attached hydrogens (primary N) is 1. The van der Waals surface area contributed by atoms with Gasteiger partial charge in [0.25, 0.3) is 11.5 Å². The van der Waals surface area contributed by atoms with Crippen LogP contribution < -0.4 is 15.9 Å². The highest BCUT2D eigenvalue weighted by Gasteiger charge is 2.33. The number of nitrogen functional groups attached to an aromatic ring is 1. The van der Waals surface area contributed by atoms with Crippen LogP contribution in [0, 0.1) is 0 Å². The number of nitrogens with one attached hydrogen (secondary N) is 1. The first kappa shape index (κ1) is 15.6. The molecule has 0 bridgehead atoms. The van der Waals surface area contributed by atoms with Gasteiger partial charge < -0.3 is 25.7 Å². The fourth-order valence-electron chi connectivity index (χ4n) is 1.80. The topological polar surface area (TPSA) is 188 Å². The molecule has 12 nitrogen and oxygen atoms in total. The van der Waals surface area contributed by atoms with Gasteiger partial charge in [-0.3, -0.25) is 18.9 Å². The predicted molar refractivity (Wildman–Crippen MR) is 66.3 cm³/mol. The van der Waals surface area contributed by atoms with E-state index in [1.807, 2.05) is 0 Å². The third-order valence-corrected chi connectivity index (χ3v) is 3.07. The van der Waals surface area contributed by atoms with Crippen LogP contribution in [0.25, 0.3) is 11.2 Å². The Bertz CT molecular complexity index is 779. The first-order chi connectivity index (χ1) is 9.60. The van der Waals surface area contributed by atoms with Gasteiger partial charge in [0, 0.05) is 0 Å². The first-order valence-electron chi connectivity index (χ1n) is 5.46. The van der Waals surface area contributed by atoms with Gasteiger partial charge in [0.05, 0.1) is 7.05 Å². The predicted octanol–water partition coefficient (Wildman–Crippen LogP) is -2.95. The lowest BCUT2D eigenvalue weighted by molar-refractivity contribution is -0.754. The van der Waals surface area contributed by atoms with Crippen molar-refractivity contribution in [3.63, 3.8) is 0 Å². The summed E-state index contributed by atoms with van der Waals surface area (Å²) in [7, 11) is -3.54. The largest absolute Gasteiger partial charge is 0.472 e. The Balaban J connectivity index is 2.52. The van der Waals surface area contributed by atoms with Crippen molar-refractivity contribution in [3.8, 4) is 0 Å². The first-order valence-corrected chi connectivity index (χ1v) is 6.99. The molecule has 0 aliphatic heterocycles. The van der Waals surface area contributed by atoms with Gasteiger partial charge in [0.15, 0.2) is 6.33 Å². The minimum atomic E-state index is -5.01. The second kappa shape index (κ2) is 5.18. The third-order valence-electron chi connectivity index (χ3n) is 2.58. The van der Waals surface area contributed by atoms with Crippen molar-refractivity contribution in [2.75, 3.05) is 5.73 Å². The van der Waals surface area contributed by atoms with Crippen LogP contribution in [0.3, 0.4) is 0 Å². The molecule has 13 heteroatoms. The lowest BCUT2D eigenvalue weighted by Crippen LogP contribution is -2.46. The summed E-state index contributed by atoms with van der Waals surface area (Å²) < 4.78 is 16.8. The molecular formula is C8H13N5O7P+. The number of nitrogens with zero attached hydrogens (tertiary/aromatic N) is 3. The van der Waals surface area contributed by atoms with E-state index in [-0.39, 0.29) is 17.1 Å². The molecule has 0 amide bonds. The Labute approximate surface area is 116 Å². The lowest BCUT2D eigenvalue weighted by Gasteiger charge is -2.16. The molecule has 0 unspecified atom stereocenters. The van der Waals surface area contributed by atoms with Gasteiger partial charge in [-0.05, 0) is 0 Å². The van der Waals surface area contributed by atoms with Gasteiger partial charge in [0.2, 0.25) is 18.0 Å². The summed E-state index contributed by atoms with van der Waals surface area (Å²) in [5, 5.41) is 19.4. The highest BCUT2D eigenvalue weighted by Crippen LogP contribution is 2.38. The summed E-state index contributed by atoms with van der Waals surface area (Å²) in [6.07, 6.45) is -2.98. The third kappa shape index (κ3) is 3.10. The quantitative estimate of drug-likeness (QED) is 0.194. The van der Waals surface area contributed by atoms with Crippen molar-refractivity contribution in [2.24, 2.45) is 7.05 Å². The molecule has 7 N–H and O–H groups in total. The standard InChI is InChI=1S/C8H12N5O7P/c1-12-2-13(6(15)7(16)20-21(17,18)19)4-3(12)5(14)11-8(9)10-4/h2,6-7,15-16H,1H3,(H4-,9,10,11,14,17,18,19)/p+1/t6-,7-/m1/s1. The molecule has 0 aliphatic rings. The molecule has 2 atom stereocenters. The Morgan fingerprint density at radius 1 is 1.52 bits per heavy atom. The van der Waals surface area contributed by atoms with Crippen molar-refractivity contribution in [1.29, 1.82) is 0 Å². The van der Waals surface area contributed by atoms with E-state index in [9.17, 15) is 19.6 Å². The average molecular weight is 322 g/mol. The number of aromatic nitrogens is 4. The van der Waals surface area contributed by atoms with Gasteiger partial charge in [-0.15, -0.1) is 0 Å². The maximum Gasteiger partial charge on any atom is 0.472 e. The Hall–Kier alpha value is -1.82. The fourth-order valence-corrected chi connectivity index (χ4v) is 2.19. The SMILES string of the molecule is Cn1c[n+]([C@H](O)[C@H](O)OP(=O)(O)O)c2nc(N)[nH]c(=O)c21. The molecule has 0 aliphatic carbocycles. The minimum Gasteiger partial charge on any atom is -0.363 e. The Morgan fingerprint density at radius 3 is 2.71 bits per heavy atom. The molecule has 2 aromatic heterocycles. The molecule has 2 aromatic rings. The number of anilines is 1. The highest BCUT2D eigenvalue weighted by molar-refractivity contribution is 7.46. The smallest absolute Gasteiger partial charge is 0.363 e. The molecule has 0 saturated heterocycles. The molecule has 0 radical (unpaired) electrons. The monoisotopic (exact) mass is 322 g/mol. The van der Waals surface area contributed by atoms with Crippen LogP contribution in [0.15, 0.2) is 11.1 Å². The number of aliphatic hydroxyl groups excluding tert-OH is 2. The van der Waals surface area contributed by atoms with E-state index in [1.54, 1.807) is 0 Å². The van der Waals surface area contributed by atoms with E-state index in [4.69, 9.17) is 15.5 Å². The van der Waals surface area contributed by atoms with Gasteiger partial charge >= 0.3 is 13.5 Å². The summed E-state index contributed by atoms with van der Waals surface area (Å²) in [4.78, 5) is 35.0. The zero-order valence-corrected chi connectivity index (χ0v) is 11.5. The second-order valence-corrected chi connectivity index (χ2v) is 5.35. The number of rotatable bonds is 4. The van der Waals surface area contributed by atoms with Crippen molar-refractivity contribution in [1.82, 2.24) is 14.5 Å². The molecular weight excluding hydrogens is 309 g/mol. The molecule has 21 heavy (non-hydrogen) atoms. The summed E-state index contributed by atoms with van der Waals surface area (Å²) in [6.45, 7) is 0. The van der Waals surface area contributed by atoms with Crippen LogP contribution in [0.1, 0.15) is 6.23 Å². The number of aromatic amines is 1. The summed E-state index contributed by atoms with van der Waals surface area (Å²) in [5.41, 5.74) is 4.74. The summed E-state index contributed by atoms with van der Waals surface area (Å²) in [6, 6.07) is 0. The Kier molecular flexibility index (Phi) is 3.84. The summed E-state index contributed by atoms with van der Waals surface area (Å²) >= 11 is 0. The van der Waals surface area contributed by atoms with Gasteiger partial charge in [0.1, 0.15) is 0 Å². The van der Waals surface area contributed by atoms with Crippen molar-refractivity contribution in [3.05, 3.63) is 16.7 Å². The molecule has 0 saturated carbocycles. The van der Waals surface area contributed by atoms with Crippen LogP contribution in [0.2, 0.25) is 0 Å². The fraction of sp³-hybridized carbons (Fsp3) is 0.375. The number of aliphatic hydroxyl groups is 2. The number of H-pyrrole nitrogens is 1. The average Bonchev–Trinajstić information content (AvgIpc) is 2.63. The number of phosphoric ester groups is 1. The number of phosphoric acid groups is 1. The molecule has 0 fully saturated rings. The summed E-state index contributed by atoms with van der Waals surface area (Å²) in [5.74, 6) is -0.231. The number of hydrogen-bond acceptors (Lipinski definition) is 7. The van der Waals surface area contributed by atoms with E-state index in [0.29, 0.717) is 0 Å². The molecule has 0 aromatic carbocycles. The lowest BCUT2D eigenvalue weighted by atomic mass is 10.5. The zero-order chi connectivity index (χ0) is 15.9. The number of imidazole rings is 1. The highest BCUT2D eigenvalue weighted by atomic mass is 31.2. The van der Waals surface area contributed by atoms with Crippen LogP contribution >= 0.6 is 7.82 Å². The maximum absolute atomic E-state index is 11.7. The van der Waals surface area contributed by atoms with E-state index in [2.05, 4.69) is 14.5 Å². The van der Waals surface area contributed by atoms with Gasteiger partial charge in [-0.25, -0.2) is 9.13 Å². The molecule has 116 valence electrons. The van der Waals surface area contributed by atoms with E-state index in [0.717, 1.165) is 4.57 Å². The molecule has 2 heterocycles. The van der Waals surface area contributed by atoms with E-state index >= 15 is 0 Å². The number of hydrogen-bond donors (Lipinski definition) is 6. The number of aryl methyl sites for hydroxylation is 1. The van der Waals surface area contributed by atoms with Crippen LogP contribution in [0.4, 0.5) is 5.95 Å². The van der Waals surface area contributed by atoms with Crippen molar-refractivity contribution >= 4 is 24.9 Å². The van der Waals surface area contributed by atoms with Crippen LogP contribution in [-0.2, 0) is 16.1 Å². The van der Waals surface area contributed by atoms with Gasteiger partial charge in [-0.1, -0.05) is 4.98 Å². The zero-order valence-electron chi connectivity index (χ0n) is 10.6. The van der Waals surface area contributed by atoms with Crippen molar-refractivity contribution in [2.45, 2.75) is 12.5 Å². The van der Waals surface area contributed by atoms with Gasteiger partial charge in [-0.2, -0.15) is 0 Å². The normalized spacial score (nSPS) is 15.3. The van der Waals surface area contributed by atoms with E-state index < -0.39 is 25.9 Å². The van der Waals surface area contributed by atoms with Crippen LogP contribution in [-0.4, -0.2) is 40.8 Å². The Morgan fingerprint density at radius 2 is 2.14 bits per heavy atom.